The standard InChI is InChI=1S/C13H15BrN4/c1-8-4-5-10(6-11(8)14)18-13-7-12(15-3)16-9(2)17-13/h4-7H,1-3H3,(H2,15,16,17,18). The van der Waals surface area contributed by atoms with E-state index in [0.717, 1.165) is 27.6 Å². The van der Waals surface area contributed by atoms with Crippen molar-refractivity contribution >= 4 is 33.3 Å². The van der Waals surface area contributed by atoms with Crippen LogP contribution in [0.3, 0.4) is 0 Å². The summed E-state index contributed by atoms with van der Waals surface area (Å²) in [4.78, 5) is 8.61. The Bertz CT molecular complexity index is 569. The molecular weight excluding hydrogens is 292 g/mol. The highest BCUT2D eigenvalue weighted by Gasteiger charge is 2.02. The Labute approximate surface area is 115 Å². The van der Waals surface area contributed by atoms with Gasteiger partial charge in [-0.25, -0.2) is 9.97 Å². The maximum Gasteiger partial charge on any atom is 0.136 e. The lowest BCUT2D eigenvalue weighted by Gasteiger charge is -2.09. The van der Waals surface area contributed by atoms with Crippen molar-refractivity contribution in [1.82, 2.24) is 9.97 Å². The van der Waals surface area contributed by atoms with E-state index >= 15 is 0 Å². The van der Waals surface area contributed by atoms with Gasteiger partial charge in [-0.15, -0.1) is 0 Å². The maximum absolute atomic E-state index is 4.35. The van der Waals surface area contributed by atoms with Crippen LogP contribution in [0, 0.1) is 13.8 Å². The quantitative estimate of drug-likeness (QED) is 0.909. The first kappa shape index (κ1) is 12.8. The highest BCUT2D eigenvalue weighted by Crippen LogP contribution is 2.23. The Balaban J connectivity index is 2.27. The number of aryl methyl sites for hydroxylation is 2. The molecule has 4 nitrogen and oxygen atoms in total. The molecule has 0 spiro atoms. The third-order valence-corrected chi connectivity index (χ3v) is 3.39. The summed E-state index contributed by atoms with van der Waals surface area (Å²) < 4.78 is 1.08. The molecule has 0 aliphatic heterocycles. The number of nitrogens with one attached hydrogen (secondary N) is 2. The second-order valence-electron chi connectivity index (χ2n) is 4.02. The molecule has 18 heavy (non-hydrogen) atoms. The van der Waals surface area contributed by atoms with Gasteiger partial charge >= 0.3 is 0 Å². The maximum atomic E-state index is 4.35. The summed E-state index contributed by atoms with van der Waals surface area (Å²) in [6.07, 6.45) is 0. The van der Waals surface area contributed by atoms with Gasteiger partial charge in [0.2, 0.25) is 0 Å². The monoisotopic (exact) mass is 306 g/mol. The van der Waals surface area contributed by atoms with E-state index in [1.807, 2.05) is 32.2 Å². The number of rotatable bonds is 3. The van der Waals surface area contributed by atoms with E-state index < -0.39 is 0 Å². The number of hydrogen-bond acceptors (Lipinski definition) is 4. The average Bonchev–Trinajstić information content (AvgIpc) is 2.33. The molecule has 94 valence electrons. The van der Waals surface area contributed by atoms with Gasteiger partial charge < -0.3 is 10.6 Å². The van der Waals surface area contributed by atoms with E-state index in [0.29, 0.717) is 0 Å². The number of halogens is 1. The second-order valence-corrected chi connectivity index (χ2v) is 4.88. The number of aromatic nitrogens is 2. The first-order valence-corrected chi connectivity index (χ1v) is 6.44. The zero-order valence-corrected chi connectivity index (χ0v) is 12.2. The minimum atomic E-state index is 0.732. The molecule has 0 saturated carbocycles. The number of anilines is 3. The lowest BCUT2D eigenvalue weighted by atomic mass is 10.2. The summed E-state index contributed by atoms with van der Waals surface area (Å²) in [5.41, 5.74) is 2.20. The third kappa shape index (κ3) is 2.98. The third-order valence-electron chi connectivity index (χ3n) is 2.54. The molecule has 0 bridgehead atoms. The van der Waals surface area contributed by atoms with Crippen molar-refractivity contribution < 1.29 is 0 Å². The molecule has 0 aliphatic rings. The van der Waals surface area contributed by atoms with Crippen LogP contribution in [-0.4, -0.2) is 17.0 Å². The van der Waals surface area contributed by atoms with Gasteiger partial charge in [0.1, 0.15) is 17.5 Å². The van der Waals surface area contributed by atoms with E-state index in [1.54, 1.807) is 0 Å². The van der Waals surface area contributed by atoms with Crippen LogP contribution in [0.2, 0.25) is 0 Å². The molecule has 0 amide bonds. The Morgan fingerprint density at radius 3 is 2.44 bits per heavy atom. The van der Waals surface area contributed by atoms with Crippen molar-refractivity contribution in [3.8, 4) is 0 Å². The summed E-state index contributed by atoms with van der Waals surface area (Å²) in [6.45, 7) is 3.93. The normalized spacial score (nSPS) is 10.2. The average molecular weight is 307 g/mol. The van der Waals surface area contributed by atoms with Gasteiger partial charge in [-0.3, -0.25) is 0 Å². The van der Waals surface area contributed by atoms with E-state index in [4.69, 9.17) is 0 Å². The van der Waals surface area contributed by atoms with Crippen LogP contribution in [0.15, 0.2) is 28.7 Å². The summed E-state index contributed by atoms with van der Waals surface area (Å²) >= 11 is 3.52. The summed E-state index contributed by atoms with van der Waals surface area (Å²) in [7, 11) is 1.84. The number of hydrogen-bond donors (Lipinski definition) is 2. The van der Waals surface area contributed by atoms with Gasteiger partial charge in [0.05, 0.1) is 0 Å². The summed E-state index contributed by atoms with van der Waals surface area (Å²) in [6, 6.07) is 7.99. The molecule has 0 atom stereocenters. The molecule has 0 aliphatic carbocycles. The highest BCUT2D eigenvalue weighted by atomic mass is 79.9. The Morgan fingerprint density at radius 2 is 1.78 bits per heavy atom. The van der Waals surface area contributed by atoms with Crippen molar-refractivity contribution in [2.75, 3.05) is 17.7 Å². The number of benzene rings is 1. The first-order chi connectivity index (χ1) is 8.58. The minimum absolute atomic E-state index is 0.732. The van der Waals surface area contributed by atoms with Crippen molar-refractivity contribution in [2.45, 2.75) is 13.8 Å². The lowest BCUT2D eigenvalue weighted by molar-refractivity contribution is 1.06. The lowest BCUT2D eigenvalue weighted by Crippen LogP contribution is -2.01. The Kier molecular flexibility index (Phi) is 3.81. The molecule has 2 N–H and O–H groups in total. The zero-order valence-electron chi connectivity index (χ0n) is 10.6. The molecule has 1 aromatic carbocycles. The van der Waals surface area contributed by atoms with Crippen molar-refractivity contribution in [3.05, 3.63) is 40.1 Å². The molecule has 1 heterocycles. The predicted octanol–water partition coefficient (Wildman–Crippen LogP) is 3.64. The van der Waals surface area contributed by atoms with Crippen LogP contribution in [-0.2, 0) is 0 Å². The molecular formula is C13H15BrN4. The first-order valence-electron chi connectivity index (χ1n) is 5.65. The smallest absolute Gasteiger partial charge is 0.136 e. The fourth-order valence-electron chi connectivity index (χ4n) is 1.58. The fraction of sp³-hybridized carbons (Fsp3) is 0.231. The van der Waals surface area contributed by atoms with Gasteiger partial charge in [0.15, 0.2) is 0 Å². The minimum Gasteiger partial charge on any atom is -0.373 e. The molecule has 0 radical (unpaired) electrons. The van der Waals surface area contributed by atoms with Crippen LogP contribution in [0.1, 0.15) is 11.4 Å². The highest BCUT2D eigenvalue weighted by molar-refractivity contribution is 9.10. The molecule has 0 saturated heterocycles. The summed E-state index contributed by atoms with van der Waals surface area (Å²) in [5, 5.41) is 6.28. The molecule has 0 unspecified atom stereocenters. The zero-order chi connectivity index (χ0) is 13.1. The van der Waals surface area contributed by atoms with Crippen LogP contribution in [0.4, 0.5) is 17.3 Å². The van der Waals surface area contributed by atoms with E-state index in [1.165, 1.54) is 5.56 Å². The summed E-state index contributed by atoms with van der Waals surface area (Å²) in [5.74, 6) is 2.31. The SMILES string of the molecule is CNc1cc(Nc2ccc(C)c(Br)c2)nc(C)n1. The van der Waals surface area contributed by atoms with E-state index in [-0.39, 0.29) is 0 Å². The fourth-order valence-corrected chi connectivity index (χ4v) is 1.96. The Morgan fingerprint density at radius 1 is 1.06 bits per heavy atom. The van der Waals surface area contributed by atoms with E-state index in [9.17, 15) is 0 Å². The van der Waals surface area contributed by atoms with Crippen LogP contribution in [0.5, 0.6) is 0 Å². The van der Waals surface area contributed by atoms with Crippen LogP contribution >= 0.6 is 15.9 Å². The van der Waals surface area contributed by atoms with Gasteiger partial charge in [-0.05, 0) is 31.5 Å². The van der Waals surface area contributed by atoms with Gasteiger partial charge in [-0.2, -0.15) is 0 Å². The topological polar surface area (TPSA) is 49.8 Å². The predicted molar refractivity (Wildman–Crippen MR) is 78.5 cm³/mol. The van der Waals surface area contributed by atoms with E-state index in [2.05, 4.69) is 49.5 Å². The van der Waals surface area contributed by atoms with Gasteiger partial charge in [0, 0.05) is 23.3 Å². The number of nitrogens with zero attached hydrogens (tertiary/aromatic N) is 2. The molecule has 2 rings (SSSR count). The van der Waals surface area contributed by atoms with Crippen LogP contribution < -0.4 is 10.6 Å². The van der Waals surface area contributed by atoms with Gasteiger partial charge in [0.25, 0.3) is 0 Å². The Hall–Kier alpha value is -1.62. The van der Waals surface area contributed by atoms with Crippen molar-refractivity contribution in [3.63, 3.8) is 0 Å². The molecule has 1 aromatic heterocycles. The second kappa shape index (κ2) is 5.35. The van der Waals surface area contributed by atoms with Crippen LogP contribution in [0.25, 0.3) is 0 Å². The largest absolute Gasteiger partial charge is 0.373 e. The molecule has 5 heteroatoms. The van der Waals surface area contributed by atoms with Gasteiger partial charge in [-0.1, -0.05) is 22.0 Å². The molecule has 2 aromatic rings. The van der Waals surface area contributed by atoms with Crippen molar-refractivity contribution in [1.29, 1.82) is 0 Å². The molecule has 0 fully saturated rings. The van der Waals surface area contributed by atoms with Crippen molar-refractivity contribution in [2.24, 2.45) is 0 Å².